The number of esters is 1. The maximum atomic E-state index is 13.1. The van der Waals surface area contributed by atoms with E-state index in [9.17, 15) is 14.4 Å². The molecule has 0 radical (unpaired) electrons. The summed E-state index contributed by atoms with van der Waals surface area (Å²) in [6.45, 7) is 4.82. The zero-order valence-electron chi connectivity index (χ0n) is 17.8. The van der Waals surface area contributed by atoms with Gasteiger partial charge in [0.05, 0.1) is 7.11 Å². The van der Waals surface area contributed by atoms with Gasteiger partial charge in [-0.05, 0) is 38.5 Å². The molecule has 0 bridgehead atoms. The highest BCUT2D eigenvalue weighted by Crippen LogP contribution is 2.25. The summed E-state index contributed by atoms with van der Waals surface area (Å²) < 4.78 is 10.8. The second-order valence-corrected chi connectivity index (χ2v) is 7.10. The van der Waals surface area contributed by atoms with Crippen molar-refractivity contribution in [2.45, 2.75) is 26.9 Å². The van der Waals surface area contributed by atoms with E-state index in [-0.39, 0.29) is 11.5 Å². The van der Waals surface area contributed by atoms with Crippen LogP contribution in [0, 0.1) is 13.8 Å². The predicted molar refractivity (Wildman–Crippen MR) is 116 cm³/mol. The van der Waals surface area contributed by atoms with Gasteiger partial charge in [0, 0.05) is 28.6 Å². The number of nitrogens with one attached hydrogen (secondary N) is 2. The highest BCUT2D eigenvalue weighted by molar-refractivity contribution is 6.02. The van der Waals surface area contributed by atoms with Crippen molar-refractivity contribution < 1.29 is 23.9 Å². The molecule has 0 saturated heterocycles. The number of carbonyl (C=O) groups excluding carboxylic acids is 3. The quantitative estimate of drug-likeness (QED) is 0.437. The molecule has 3 aromatic rings. The zero-order valence-corrected chi connectivity index (χ0v) is 17.8. The maximum Gasteiger partial charge on any atom is 0.356 e. The number of aromatic amines is 1. The van der Waals surface area contributed by atoms with Crippen LogP contribution in [0.25, 0.3) is 0 Å². The Hall–Kier alpha value is -3.87. The standard InChI is InChI=1S/C24H24N2O5/c1-14-20(16(3)27)15(2)25-21(14)24(29)31-22(17-9-6-5-7-10-17)23(28)26-18-11-8-12-19(13-18)30-4/h5-13,22,25H,1-4H3,(H,26,28). The summed E-state index contributed by atoms with van der Waals surface area (Å²) in [6.07, 6.45) is -1.19. The van der Waals surface area contributed by atoms with E-state index in [1.54, 1.807) is 68.4 Å². The second-order valence-electron chi connectivity index (χ2n) is 7.10. The summed E-state index contributed by atoms with van der Waals surface area (Å²) in [5.74, 6) is -0.802. The summed E-state index contributed by atoms with van der Waals surface area (Å²) in [7, 11) is 1.53. The summed E-state index contributed by atoms with van der Waals surface area (Å²) in [6, 6.07) is 15.6. The van der Waals surface area contributed by atoms with Crippen molar-refractivity contribution in [3.05, 3.63) is 82.7 Å². The van der Waals surface area contributed by atoms with Crippen LogP contribution in [0.3, 0.4) is 0 Å². The van der Waals surface area contributed by atoms with Gasteiger partial charge in [-0.2, -0.15) is 0 Å². The monoisotopic (exact) mass is 420 g/mol. The second kappa shape index (κ2) is 9.30. The van der Waals surface area contributed by atoms with Gasteiger partial charge in [0.1, 0.15) is 11.4 Å². The van der Waals surface area contributed by atoms with Gasteiger partial charge in [-0.25, -0.2) is 4.79 Å². The molecule has 2 aromatic carbocycles. The van der Waals surface area contributed by atoms with Gasteiger partial charge < -0.3 is 19.8 Å². The first-order valence-electron chi connectivity index (χ1n) is 9.72. The van der Waals surface area contributed by atoms with Crippen molar-refractivity contribution in [1.29, 1.82) is 0 Å². The van der Waals surface area contributed by atoms with Gasteiger partial charge in [0.2, 0.25) is 6.10 Å². The molecule has 1 amide bonds. The molecular weight excluding hydrogens is 396 g/mol. The molecule has 0 aliphatic heterocycles. The zero-order chi connectivity index (χ0) is 22.5. The number of rotatable bonds is 7. The molecule has 1 atom stereocenters. The number of aryl methyl sites for hydroxylation is 1. The molecule has 160 valence electrons. The van der Waals surface area contributed by atoms with E-state index in [4.69, 9.17) is 9.47 Å². The Kier molecular flexibility index (Phi) is 6.55. The van der Waals surface area contributed by atoms with Crippen LogP contribution >= 0.6 is 0 Å². The van der Waals surface area contributed by atoms with Crippen molar-refractivity contribution in [3.8, 4) is 5.75 Å². The van der Waals surface area contributed by atoms with E-state index in [2.05, 4.69) is 10.3 Å². The average Bonchev–Trinajstić information content (AvgIpc) is 3.06. The Morgan fingerprint density at radius 3 is 2.32 bits per heavy atom. The van der Waals surface area contributed by atoms with Crippen LogP contribution in [0.5, 0.6) is 5.75 Å². The summed E-state index contributed by atoms with van der Waals surface area (Å²) in [5, 5.41) is 2.76. The number of hydrogen-bond donors (Lipinski definition) is 2. The molecule has 0 aliphatic rings. The van der Waals surface area contributed by atoms with Gasteiger partial charge in [-0.1, -0.05) is 36.4 Å². The Morgan fingerprint density at radius 1 is 1.00 bits per heavy atom. The molecule has 1 heterocycles. The van der Waals surface area contributed by atoms with Gasteiger partial charge in [0.25, 0.3) is 5.91 Å². The van der Waals surface area contributed by atoms with E-state index in [0.29, 0.717) is 33.8 Å². The largest absolute Gasteiger partial charge is 0.497 e. The number of Topliss-reactive ketones (excluding diaryl/α,β-unsaturated/α-hetero) is 1. The van der Waals surface area contributed by atoms with Gasteiger partial charge in [-0.3, -0.25) is 9.59 Å². The molecule has 1 aromatic heterocycles. The van der Waals surface area contributed by atoms with Crippen LogP contribution in [0.4, 0.5) is 5.69 Å². The van der Waals surface area contributed by atoms with Crippen molar-refractivity contribution >= 4 is 23.3 Å². The number of aromatic nitrogens is 1. The fraction of sp³-hybridized carbons (Fsp3) is 0.208. The highest BCUT2D eigenvalue weighted by Gasteiger charge is 2.28. The lowest BCUT2D eigenvalue weighted by atomic mass is 10.1. The molecule has 2 N–H and O–H groups in total. The molecule has 0 aliphatic carbocycles. The number of hydrogen-bond acceptors (Lipinski definition) is 5. The minimum absolute atomic E-state index is 0.151. The number of methoxy groups -OCH3 is 1. The SMILES string of the molecule is COc1cccc(NC(=O)C(OC(=O)c2[nH]c(C)c(C(C)=O)c2C)c2ccccc2)c1. The molecular formula is C24H24N2O5. The van der Waals surface area contributed by atoms with Crippen LogP contribution in [0.2, 0.25) is 0 Å². The van der Waals surface area contributed by atoms with Crippen LogP contribution in [0.15, 0.2) is 54.6 Å². The lowest BCUT2D eigenvalue weighted by Gasteiger charge is -2.18. The van der Waals surface area contributed by atoms with Crippen molar-refractivity contribution in [1.82, 2.24) is 4.98 Å². The predicted octanol–water partition coefficient (Wildman–Crippen LogP) is 4.38. The lowest BCUT2D eigenvalue weighted by Crippen LogP contribution is -2.26. The van der Waals surface area contributed by atoms with Gasteiger partial charge in [0.15, 0.2) is 5.78 Å². The van der Waals surface area contributed by atoms with Gasteiger partial charge >= 0.3 is 5.97 Å². The molecule has 0 saturated carbocycles. The molecule has 7 nitrogen and oxygen atoms in total. The fourth-order valence-corrected chi connectivity index (χ4v) is 3.46. The molecule has 1 unspecified atom stereocenters. The van der Waals surface area contributed by atoms with Crippen molar-refractivity contribution in [3.63, 3.8) is 0 Å². The van der Waals surface area contributed by atoms with Crippen LogP contribution in [0.1, 0.15) is 50.7 Å². The Labute approximate surface area is 180 Å². The minimum atomic E-state index is -1.19. The third-order valence-electron chi connectivity index (χ3n) is 4.90. The normalized spacial score (nSPS) is 11.5. The molecule has 3 rings (SSSR count). The van der Waals surface area contributed by atoms with E-state index in [0.717, 1.165) is 0 Å². The van der Waals surface area contributed by atoms with E-state index in [1.807, 2.05) is 0 Å². The summed E-state index contributed by atoms with van der Waals surface area (Å²) in [5.41, 5.74) is 2.70. The molecule has 0 fully saturated rings. The number of H-pyrrole nitrogens is 1. The van der Waals surface area contributed by atoms with Crippen molar-refractivity contribution in [2.24, 2.45) is 0 Å². The number of ether oxygens (including phenoxy) is 2. The van der Waals surface area contributed by atoms with E-state index >= 15 is 0 Å². The smallest absolute Gasteiger partial charge is 0.356 e. The first kappa shape index (κ1) is 21.8. The van der Waals surface area contributed by atoms with Crippen LogP contribution < -0.4 is 10.1 Å². The molecule has 0 spiro atoms. The first-order chi connectivity index (χ1) is 14.8. The lowest BCUT2D eigenvalue weighted by molar-refractivity contribution is -0.125. The Morgan fingerprint density at radius 2 is 1.71 bits per heavy atom. The number of amides is 1. The summed E-state index contributed by atoms with van der Waals surface area (Å²) >= 11 is 0. The van der Waals surface area contributed by atoms with Crippen LogP contribution in [-0.4, -0.2) is 29.8 Å². The molecule has 31 heavy (non-hydrogen) atoms. The highest BCUT2D eigenvalue weighted by atomic mass is 16.5. The van der Waals surface area contributed by atoms with Crippen molar-refractivity contribution in [2.75, 3.05) is 12.4 Å². The number of carbonyl (C=O) groups is 3. The topological polar surface area (TPSA) is 97.5 Å². The first-order valence-corrected chi connectivity index (χ1v) is 9.72. The molecule has 7 heteroatoms. The Balaban J connectivity index is 1.90. The Bertz CT molecular complexity index is 1120. The third kappa shape index (κ3) is 4.83. The van der Waals surface area contributed by atoms with Crippen LogP contribution in [-0.2, 0) is 9.53 Å². The van der Waals surface area contributed by atoms with E-state index in [1.165, 1.54) is 14.0 Å². The minimum Gasteiger partial charge on any atom is -0.497 e. The third-order valence-corrected chi connectivity index (χ3v) is 4.90. The number of ketones is 1. The van der Waals surface area contributed by atoms with E-state index < -0.39 is 18.0 Å². The number of benzene rings is 2. The van der Waals surface area contributed by atoms with Gasteiger partial charge in [-0.15, -0.1) is 0 Å². The summed E-state index contributed by atoms with van der Waals surface area (Å²) in [4.78, 5) is 40.8. The fourth-order valence-electron chi connectivity index (χ4n) is 3.46. The number of anilines is 1. The maximum absolute atomic E-state index is 13.1. The average molecular weight is 420 g/mol.